The first-order valence-electron chi connectivity index (χ1n) is 9.66. The highest BCUT2D eigenvalue weighted by Gasteiger charge is 2.17. The fraction of sp³-hybridized carbons (Fsp3) is 0.227. The molecule has 2 heterocycles. The summed E-state index contributed by atoms with van der Waals surface area (Å²) in [6.45, 7) is 1.40. The van der Waals surface area contributed by atoms with Crippen LogP contribution in [0, 0.1) is 0 Å². The van der Waals surface area contributed by atoms with E-state index in [0.29, 0.717) is 40.2 Å². The van der Waals surface area contributed by atoms with Crippen LogP contribution in [-0.4, -0.2) is 64.9 Å². The Balaban J connectivity index is 1.72. The van der Waals surface area contributed by atoms with Gasteiger partial charge in [-0.15, -0.1) is 0 Å². The number of carbonyl (C=O) groups is 1. The molecule has 0 saturated heterocycles. The number of nitrogens with two attached hydrogens (primary N) is 1. The molecular formula is C22H24N6O2. The van der Waals surface area contributed by atoms with E-state index in [9.17, 15) is 9.59 Å². The summed E-state index contributed by atoms with van der Waals surface area (Å²) in [6, 6.07) is 12.6. The van der Waals surface area contributed by atoms with Gasteiger partial charge >= 0.3 is 0 Å². The standard InChI is InChI=1S/C22H24N6O2/c1-27(2)10-11-28(3)22(30)13-8-9-16-17(12-13)25-20(24-16)18-19(23)14-6-4-5-7-15(14)26-21(18)29/h4-9,12H,10-11H2,1-3H3,(H,24,25)(H3,23,26,29). The summed E-state index contributed by atoms with van der Waals surface area (Å²) in [5.74, 6) is 0.298. The normalized spacial score (nSPS) is 11.5. The second kappa shape index (κ2) is 7.64. The summed E-state index contributed by atoms with van der Waals surface area (Å²) in [5.41, 5.74) is 9.20. The van der Waals surface area contributed by atoms with Crippen LogP contribution in [0.1, 0.15) is 10.4 Å². The number of para-hydroxylation sites is 1. The molecule has 8 heteroatoms. The van der Waals surface area contributed by atoms with Gasteiger partial charge in [-0.25, -0.2) is 4.98 Å². The predicted molar refractivity (Wildman–Crippen MR) is 120 cm³/mol. The van der Waals surface area contributed by atoms with Crippen LogP contribution in [0.3, 0.4) is 0 Å². The molecule has 0 radical (unpaired) electrons. The number of imidazole rings is 1. The lowest BCUT2D eigenvalue weighted by Gasteiger charge is -2.19. The summed E-state index contributed by atoms with van der Waals surface area (Å²) < 4.78 is 0. The minimum Gasteiger partial charge on any atom is -0.397 e. The molecule has 8 nitrogen and oxygen atoms in total. The molecule has 2 aromatic heterocycles. The number of benzene rings is 2. The van der Waals surface area contributed by atoms with Crippen molar-refractivity contribution in [2.24, 2.45) is 0 Å². The number of rotatable bonds is 5. The maximum absolute atomic E-state index is 12.7. The molecule has 2 aromatic carbocycles. The fourth-order valence-electron chi connectivity index (χ4n) is 3.43. The Morgan fingerprint density at radius 1 is 1.03 bits per heavy atom. The van der Waals surface area contributed by atoms with Crippen LogP contribution in [0.5, 0.6) is 0 Å². The van der Waals surface area contributed by atoms with E-state index in [-0.39, 0.29) is 11.5 Å². The molecule has 0 saturated carbocycles. The van der Waals surface area contributed by atoms with Gasteiger partial charge in [0.25, 0.3) is 11.5 Å². The van der Waals surface area contributed by atoms with Crippen molar-refractivity contribution in [3.8, 4) is 11.4 Å². The molecule has 4 N–H and O–H groups in total. The number of anilines is 1. The number of H-pyrrole nitrogens is 2. The van der Waals surface area contributed by atoms with E-state index >= 15 is 0 Å². The molecule has 4 aromatic rings. The summed E-state index contributed by atoms with van der Waals surface area (Å²) in [4.78, 5) is 39.7. The van der Waals surface area contributed by atoms with E-state index in [0.717, 1.165) is 17.4 Å². The van der Waals surface area contributed by atoms with E-state index in [1.807, 2.05) is 37.2 Å². The first-order chi connectivity index (χ1) is 14.3. The highest BCUT2D eigenvalue weighted by atomic mass is 16.2. The van der Waals surface area contributed by atoms with Crippen LogP contribution < -0.4 is 11.3 Å². The van der Waals surface area contributed by atoms with Crippen LogP contribution in [0.4, 0.5) is 5.69 Å². The zero-order valence-corrected chi connectivity index (χ0v) is 17.2. The molecule has 0 aliphatic carbocycles. The van der Waals surface area contributed by atoms with Crippen LogP contribution in [0.25, 0.3) is 33.3 Å². The average Bonchev–Trinajstić information content (AvgIpc) is 3.14. The van der Waals surface area contributed by atoms with Gasteiger partial charge in [0.05, 0.1) is 22.2 Å². The van der Waals surface area contributed by atoms with E-state index in [2.05, 4.69) is 15.0 Å². The van der Waals surface area contributed by atoms with Crippen LogP contribution in [-0.2, 0) is 0 Å². The molecule has 0 aliphatic rings. The molecule has 0 bridgehead atoms. The van der Waals surface area contributed by atoms with Gasteiger partial charge < -0.3 is 25.5 Å². The Hall–Kier alpha value is -3.65. The second-order valence-corrected chi connectivity index (χ2v) is 7.64. The number of nitrogens with one attached hydrogen (secondary N) is 2. The third-order valence-electron chi connectivity index (χ3n) is 5.16. The molecule has 154 valence electrons. The van der Waals surface area contributed by atoms with Gasteiger partial charge in [-0.1, -0.05) is 18.2 Å². The van der Waals surface area contributed by atoms with Crippen LogP contribution >= 0.6 is 0 Å². The third-order valence-corrected chi connectivity index (χ3v) is 5.16. The number of fused-ring (bicyclic) bond motifs is 2. The number of hydrogen-bond donors (Lipinski definition) is 3. The fourth-order valence-corrected chi connectivity index (χ4v) is 3.43. The van der Waals surface area contributed by atoms with Crippen molar-refractivity contribution in [3.05, 3.63) is 58.4 Å². The van der Waals surface area contributed by atoms with E-state index in [4.69, 9.17) is 5.73 Å². The Labute approximate surface area is 173 Å². The Morgan fingerprint density at radius 3 is 2.57 bits per heavy atom. The summed E-state index contributed by atoms with van der Waals surface area (Å²) in [6.07, 6.45) is 0. The number of likely N-dealkylation sites (N-methyl/N-ethyl adjacent to an activating group) is 2. The molecule has 0 atom stereocenters. The van der Waals surface area contributed by atoms with Crippen molar-refractivity contribution >= 4 is 33.5 Å². The number of hydrogen-bond acceptors (Lipinski definition) is 5. The van der Waals surface area contributed by atoms with Gasteiger partial charge in [-0.05, 0) is 38.4 Å². The molecule has 0 unspecified atom stereocenters. The number of nitrogens with zero attached hydrogens (tertiary/aromatic N) is 3. The van der Waals surface area contributed by atoms with Crippen LogP contribution in [0.2, 0.25) is 0 Å². The first kappa shape index (κ1) is 19.7. The number of aromatic amines is 2. The van der Waals surface area contributed by atoms with E-state index in [1.165, 1.54) is 0 Å². The van der Waals surface area contributed by atoms with Crippen molar-refractivity contribution in [1.82, 2.24) is 24.8 Å². The van der Waals surface area contributed by atoms with Crippen molar-refractivity contribution in [2.45, 2.75) is 0 Å². The predicted octanol–water partition coefficient (Wildman–Crippen LogP) is 2.29. The number of nitrogen functional groups attached to an aromatic ring is 1. The SMILES string of the molecule is CN(C)CCN(C)C(=O)c1ccc2[nH]c(-c3c(N)c4ccccc4[nH]c3=O)nc2c1. The highest BCUT2D eigenvalue weighted by molar-refractivity contribution is 5.99. The van der Waals surface area contributed by atoms with E-state index in [1.54, 1.807) is 36.2 Å². The Kier molecular flexibility index (Phi) is 5.01. The lowest BCUT2D eigenvalue weighted by Crippen LogP contribution is -2.33. The van der Waals surface area contributed by atoms with Crippen LogP contribution in [0.15, 0.2) is 47.3 Å². The monoisotopic (exact) mass is 404 g/mol. The third kappa shape index (κ3) is 3.53. The summed E-state index contributed by atoms with van der Waals surface area (Å²) in [7, 11) is 5.72. The minimum absolute atomic E-state index is 0.0774. The lowest BCUT2D eigenvalue weighted by atomic mass is 10.1. The molecule has 0 spiro atoms. The largest absolute Gasteiger partial charge is 0.397 e. The molecule has 0 fully saturated rings. The smallest absolute Gasteiger partial charge is 0.261 e. The maximum Gasteiger partial charge on any atom is 0.261 e. The van der Waals surface area contributed by atoms with Crippen molar-refractivity contribution in [1.29, 1.82) is 0 Å². The van der Waals surface area contributed by atoms with Crippen molar-refractivity contribution in [2.75, 3.05) is 40.0 Å². The summed E-state index contributed by atoms with van der Waals surface area (Å²) >= 11 is 0. The van der Waals surface area contributed by atoms with Gasteiger partial charge in [-0.2, -0.15) is 0 Å². The van der Waals surface area contributed by atoms with Crippen molar-refractivity contribution < 1.29 is 4.79 Å². The number of carbonyl (C=O) groups excluding carboxylic acids is 1. The Bertz CT molecular complexity index is 1300. The zero-order valence-electron chi connectivity index (χ0n) is 17.2. The quantitative estimate of drug-likeness (QED) is 0.473. The van der Waals surface area contributed by atoms with Gasteiger partial charge in [0.15, 0.2) is 0 Å². The number of pyridine rings is 1. The molecule has 0 aliphatic heterocycles. The Morgan fingerprint density at radius 2 is 1.80 bits per heavy atom. The van der Waals surface area contributed by atoms with Gasteiger partial charge in [0.1, 0.15) is 11.4 Å². The average molecular weight is 404 g/mol. The molecule has 1 amide bonds. The second-order valence-electron chi connectivity index (χ2n) is 7.64. The summed E-state index contributed by atoms with van der Waals surface area (Å²) in [5, 5.41) is 0.755. The lowest BCUT2D eigenvalue weighted by molar-refractivity contribution is 0.0786. The number of aromatic nitrogens is 3. The molecule has 30 heavy (non-hydrogen) atoms. The minimum atomic E-state index is -0.315. The maximum atomic E-state index is 12.7. The highest BCUT2D eigenvalue weighted by Crippen LogP contribution is 2.28. The first-order valence-corrected chi connectivity index (χ1v) is 9.66. The van der Waals surface area contributed by atoms with Gasteiger partial charge in [0.2, 0.25) is 0 Å². The van der Waals surface area contributed by atoms with E-state index < -0.39 is 0 Å². The number of amides is 1. The van der Waals surface area contributed by atoms with Crippen molar-refractivity contribution in [3.63, 3.8) is 0 Å². The molecular weight excluding hydrogens is 380 g/mol. The zero-order chi connectivity index (χ0) is 21.4. The van der Waals surface area contributed by atoms with Gasteiger partial charge in [-0.3, -0.25) is 9.59 Å². The topological polar surface area (TPSA) is 111 Å². The van der Waals surface area contributed by atoms with Gasteiger partial charge in [0, 0.05) is 31.1 Å². The molecule has 4 rings (SSSR count).